The minimum atomic E-state index is -1.24. The summed E-state index contributed by atoms with van der Waals surface area (Å²) < 4.78 is 0. The Morgan fingerprint density at radius 3 is 2.04 bits per heavy atom. The molecule has 1 fully saturated rings. The van der Waals surface area contributed by atoms with Gasteiger partial charge in [0.15, 0.2) is 0 Å². The highest BCUT2D eigenvalue weighted by Crippen LogP contribution is 2.36. The summed E-state index contributed by atoms with van der Waals surface area (Å²) >= 11 is 0. The Morgan fingerprint density at radius 2 is 1.50 bits per heavy atom. The van der Waals surface area contributed by atoms with Gasteiger partial charge in [0.2, 0.25) is 11.8 Å². The number of urea groups is 1. The number of hydrogen-bond donors (Lipinski definition) is 0. The molecule has 1 heterocycles. The number of allylic oxidation sites excluding steroid dienone is 3. The van der Waals surface area contributed by atoms with Crippen molar-refractivity contribution < 1.29 is 14.4 Å². The van der Waals surface area contributed by atoms with Crippen LogP contribution in [0.5, 0.6) is 0 Å². The largest absolute Gasteiger partial charge is 0.332 e. The third-order valence-electron chi connectivity index (χ3n) is 4.60. The Labute approximate surface area is 145 Å². The van der Waals surface area contributed by atoms with Gasteiger partial charge in [-0.2, -0.15) is 0 Å². The summed E-state index contributed by atoms with van der Waals surface area (Å²) in [5, 5.41) is 0. The third kappa shape index (κ3) is 4.34. The zero-order valence-corrected chi connectivity index (χ0v) is 15.2. The van der Waals surface area contributed by atoms with Gasteiger partial charge in [0.25, 0.3) is 0 Å². The number of imide groups is 2. The summed E-state index contributed by atoms with van der Waals surface area (Å²) in [5.74, 6) is -0.883. The van der Waals surface area contributed by atoms with E-state index in [1.807, 2.05) is 12.2 Å². The Hall–Kier alpha value is -1.91. The van der Waals surface area contributed by atoms with E-state index in [4.69, 9.17) is 0 Å². The lowest BCUT2D eigenvalue weighted by Gasteiger charge is -2.40. The van der Waals surface area contributed by atoms with Crippen LogP contribution in [0, 0.1) is 5.41 Å². The van der Waals surface area contributed by atoms with E-state index in [0.717, 1.165) is 22.6 Å². The lowest BCUT2D eigenvalue weighted by atomic mass is 9.77. The van der Waals surface area contributed by atoms with E-state index < -0.39 is 23.3 Å². The van der Waals surface area contributed by atoms with Gasteiger partial charge < -0.3 is 0 Å². The molecule has 0 spiro atoms. The molecule has 0 saturated carbocycles. The molecule has 1 saturated heterocycles. The van der Waals surface area contributed by atoms with Crippen molar-refractivity contribution in [3.63, 3.8) is 0 Å². The molecule has 0 aromatic rings. The maximum absolute atomic E-state index is 12.6. The summed E-state index contributed by atoms with van der Waals surface area (Å²) in [7, 11) is 2.84. The molecule has 1 aliphatic heterocycles. The normalized spacial score (nSPS) is 17.9. The van der Waals surface area contributed by atoms with E-state index in [0.29, 0.717) is 6.42 Å². The molecule has 0 N–H and O–H groups in total. The summed E-state index contributed by atoms with van der Waals surface area (Å²) in [5.41, 5.74) is -1.24. The van der Waals surface area contributed by atoms with E-state index in [2.05, 4.69) is 13.5 Å². The molecule has 5 heteroatoms. The highest BCUT2D eigenvalue weighted by atomic mass is 16.2. The SMILES string of the molecule is C=CCC1(CC=CCCCCCCC)C(=O)N(C)C(=O)N(C)C1=O. The standard InChI is InChI=1S/C19H30N2O3/c1-5-7-8-9-10-11-12-13-15-19(14-6-2)16(22)20(3)18(24)21(4)17(19)23/h6,12-13H,2,5,7-11,14-15H2,1,3-4H3. The smallest absolute Gasteiger partial charge is 0.273 e. The first-order chi connectivity index (χ1) is 11.4. The molecule has 0 aromatic carbocycles. The molecule has 1 aliphatic rings. The van der Waals surface area contributed by atoms with Gasteiger partial charge in [0.05, 0.1) is 0 Å². The Kier molecular flexibility index (Phi) is 7.89. The average molecular weight is 334 g/mol. The van der Waals surface area contributed by atoms with Crippen LogP contribution in [-0.2, 0) is 9.59 Å². The molecular weight excluding hydrogens is 304 g/mol. The van der Waals surface area contributed by atoms with E-state index in [1.165, 1.54) is 39.8 Å². The number of unbranched alkanes of at least 4 members (excludes halogenated alkanes) is 5. The quantitative estimate of drug-likeness (QED) is 0.346. The summed E-state index contributed by atoms with van der Waals surface area (Å²) in [6.07, 6.45) is 13.0. The predicted molar refractivity (Wildman–Crippen MR) is 95.3 cm³/mol. The van der Waals surface area contributed by atoms with Gasteiger partial charge in [0, 0.05) is 14.1 Å². The van der Waals surface area contributed by atoms with Crippen molar-refractivity contribution in [2.24, 2.45) is 5.41 Å². The number of carbonyl (C=O) groups is 3. The number of barbiturate groups is 1. The molecule has 24 heavy (non-hydrogen) atoms. The first kappa shape index (κ1) is 20.1. The van der Waals surface area contributed by atoms with Crippen LogP contribution in [0.3, 0.4) is 0 Å². The van der Waals surface area contributed by atoms with Crippen LogP contribution in [0.2, 0.25) is 0 Å². The average Bonchev–Trinajstić information content (AvgIpc) is 2.58. The number of rotatable bonds is 10. The summed E-state index contributed by atoms with van der Waals surface area (Å²) in [6, 6.07) is -0.579. The maximum atomic E-state index is 12.6. The molecular formula is C19H30N2O3. The fourth-order valence-corrected chi connectivity index (χ4v) is 3.08. The number of hydrogen-bond acceptors (Lipinski definition) is 3. The zero-order chi connectivity index (χ0) is 18.2. The first-order valence-electron chi connectivity index (χ1n) is 8.78. The van der Waals surface area contributed by atoms with E-state index >= 15 is 0 Å². The van der Waals surface area contributed by atoms with Crippen LogP contribution in [-0.4, -0.2) is 41.7 Å². The minimum absolute atomic E-state index is 0.230. The maximum Gasteiger partial charge on any atom is 0.332 e. The van der Waals surface area contributed by atoms with Crippen LogP contribution >= 0.6 is 0 Å². The zero-order valence-electron chi connectivity index (χ0n) is 15.2. The number of carbonyl (C=O) groups excluding carboxylic acids is 3. The van der Waals surface area contributed by atoms with Gasteiger partial charge in [-0.15, -0.1) is 6.58 Å². The Morgan fingerprint density at radius 1 is 0.917 bits per heavy atom. The second-order valence-corrected chi connectivity index (χ2v) is 6.46. The number of amides is 4. The van der Waals surface area contributed by atoms with Crippen molar-refractivity contribution in [1.29, 1.82) is 0 Å². The van der Waals surface area contributed by atoms with Gasteiger partial charge in [-0.25, -0.2) is 4.79 Å². The van der Waals surface area contributed by atoms with Gasteiger partial charge >= 0.3 is 6.03 Å². The topological polar surface area (TPSA) is 57.7 Å². The molecule has 0 aromatic heterocycles. The summed E-state index contributed by atoms with van der Waals surface area (Å²) in [4.78, 5) is 39.2. The lowest BCUT2D eigenvalue weighted by molar-refractivity contribution is -0.156. The highest BCUT2D eigenvalue weighted by molar-refractivity contribution is 6.18. The molecule has 0 atom stereocenters. The van der Waals surface area contributed by atoms with Gasteiger partial charge in [-0.1, -0.05) is 50.8 Å². The van der Waals surface area contributed by atoms with E-state index in [-0.39, 0.29) is 6.42 Å². The molecule has 0 radical (unpaired) electrons. The van der Waals surface area contributed by atoms with Crippen molar-refractivity contribution in [3.05, 3.63) is 24.8 Å². The van der Waals surface area contributed by atoms with Gasteiger partial charge in [0.1, 0.15) is 5.41 Å². The van der Waals surface area contributed by atoms with Crippen LogP contribution in [0.1, 0.15) is 58.3 Å². The molecule has 4 amide bonds. The minimum Gasteiger partial charge on any atom is -0.273 e. The van der Waals surface area contributed by atoms with Crippen molar-refractivity contribution in [3.8, 4) is 0 Å². The van der Waals surface area contributed by atoms with E-state index in [9.17, 15) is 14.4 Å². The van der Waals surface area contributed by atoms with E-state index in [1.54, 1.807) is 6.08 Å². The second kappa shape index (κ2) is 9.40. The van der Waals surface area contributed by atoms with Gasteiger partial charge in [-0.05, 0) is 25.7 Å². The van der Waals surface area contributed by atoms with Crippen molar-refractivity contribution in [2.75, 3.05) is 14.1 Å². The molecule has 0 bridgehead atoms. The summed E-state index contributed by atoms with van der Waals surface area (Å²) in [6.45, 7) is 5.86. The fourth-order valence-electron chi connectivity index (χ4n) is 3.08. The van der Waals surface area contributed by atoms with Crippen LogP contribution in [0.15, 0.2) is 24.8 Å². The monoisotopic (exact) mass is 334 g/mol. The number of nitrogens with zero attached hydrogens (tertiary/aromatic N) is 2. The van der Waals surface area contributed by atoms with Crippen molar-refractivity contribution in [2.45, 2.75) is 58.3 Å². The molecule has 5 nitrogen and oxygen atoms in total. The molecule has 1 rings (SSSR count). The lowest BCUT2D eigenvalue weighted by Crippen LogP contribution is -2.62. The highest BCUT2D eigenvalue weighted by Gasteiger charge is 2.53. The predicted octanol–water partition coefficient (Wildman–Crippen LogP) is 3.91. The van der Waals surface area contributed by atoms with Crippen molar-refractivity contribution in [1.82, 2.24) is 9.80 Å². The first-order valence-corrected chi connectivity index (χ1v) is 8.78. The van der Waals surface area contributed by atoms with Crippen LogP contribution in [0.4, 0.5) is 4.79 Å². The molecule has 134 valence electrons. The fraction of sp³-hybridized carbons (Fsp3) is 0.632. The van der Waals surface area contributed by atoms with Crippen LogP contribution in [0.25, 0.3) is 0 Å². The molecule has 0 unspecified atom stereocenters. The van der Waals surface area contributed by atoms with Crippen molar-refractivity contribution >= 4 is 17.8 Å². The Balaban J connectivity index is 2.73. The third-order valence-corrected chi connectivity index (χ3v) is 4.60. The van der Waals surface area contributed by atoms with Gasteiger partial charge in [-0.3, -0.25) is 19.4 Å². The van der Waals surface area contributed by atoms with Crippen LogP contribution < -0.4 is 0 Å². The molecule has 0 aliphatic carbocycles. The second-order valence-electron chi connectivity index (χ2n) is 6.46. The Bertz CT molecular complexity index is 487.